The first kappa shape index (κ1) is 17.6. The zero-order chi connectivity index (χ0) is 18.0. The fraction of sp³-hybridized carbons (Fsp3) is 0.389. The van der Waals surface area contributed by atoms with Crippen LogP contribution in [0.3, 0.4) is 0 Å². The molecule has 0 atom stereocenters. The van der Waals surface area contributed by atoms with Crippen LogP contribution in [0.4, 0.5) is 11.5 Å². The van der Waals surface area contributed by atoms with Gasteiger partial charge in [-0.05, 0) is 38.0 Å². The molecule has 7 heteroatoms. The van der Waals surface area contributed by atoms with E-state index in [0.29, 0.717) is 35.4 Å². The summed E-state index contributed by atoms with van der Waals surface area (Å²) in [5.74, 6) is 1.00. The number of anilines is 2. The molecule has 132 valence electrons. The average Bonchev–Trinajstić information content (AvgIpc) is 2.58. The van der Waals surface area contributed by atoms with E-state index in [1.165, 1.54) is 0 Å². The Labute approximate surface area is 152 Å². The maximum absolute atomic E-state index is 12.7. The van der Waals surface area contributed by atoms with Crippen LogP contribution < -0.4 is 10.2 Å². The first-order valence-corrected chi connectivity index (χ1v) is 8.58. The molecule has 1 amide bonds. The van der Waals surface area contributed by atoms with Crippen molar-refractivity contribution in [2.45, 2.75) is 20.8 Å². The standard InChI is InChI=1S/C18H21ClN4O2/c1-11-8-12(2)17(14(19)9-11)22-18(24)15-10-16(21-13(3)20-15)23-4-6-25-7-5-23/h8-10H,4-7H2,1-3H3,(H,22,24). The first-order chi connectivity index (χ1) is 11.9. The van der Waals surface area contributed by atoms with Crippen LogP contribution in [-0.2, 0) is 4.74 Å². The van der Waals surface area contributed by atoms with Crippen LogP contribution in [0.2, 0.25) is 5.02 Å². The molecule has 25 heavy (non-hydrogen) atoms. The van der Waals surface area contributed by atoms with Gasteiger partial charge < -0.3 is 15.0 Å². The largest absolute Gasteiger partial charge is 0.378 e. The highest BCUT2D eigenvalue weighted by atomic mass is 35.5. The highest BCUT2D eigenvalue weighted by Crippen LogP contribution is 2.28. The summed E-state index contributed by atoms with van der Waals surface area (Å²) in [5, 5.41) is 3.39. The minimum absolute atomic E-state index is 0.297. The number of hydrogen-bond donors (Lipinski definition) is 1. The minimum atomic E-state index is -0.297. The van der Waals surface area contributed by atoms with E-state index < -0.39 is 0 Å². The lowest BCUT2D eigenvalue weighted by Crippen LogP contribution is -2.37. The number of aromatic nitrogens is 2. The number of nitrogens with zero attached hydrogens (tertiary/aromatic N) is 3. The molecule has 1 aliphatic rings. The van der Waals surface area contributed by atoms with Crippen LogP contribution in [0.15, 0.2) is 18.2 Å². The molecular formula is C18H21ClN4O2. The van der Waals surface area contributed by atoms with Gasteiger partial charge in [0.05, 0.1) is 23.9 Å². The first-order valence-electron chi connectivity index (χ1n) is 8.20. The highest BCUT2D eigenvalue weighted by molar-refractivity contribution is 6.34. The van der Waals surface area contributed by atoms with E-state index in [9.17, 15) is 4.79 Å². The van der Waals surface area contributed by atoms with Crippen molar-refractivity contribution in [2.24, 2.45) is 0 Å². The van der Waals surface area contributed by atoms with Gasteiger partial charge in [-0.15, -0.1) is 0 Å². The maximum atomic E-state index is 12.7. The fourth-order valence-corrected chi connectivity index (χ4v) is 3.24. The molecule has 2 aromatic rings. The Morgan fingerprint density at radius 2 is 1.88 bits per heavy atom. The predicted octanol–water partition coefficient (Wildman–Crippen LogP) is 3.14. The van der Waals surface area contributed by atoms with E-state index in [0.717, 1.165) is 30.0 Å². The van der Waals surface area contributed by atoms with Gasteiger partial charge in [-0.2, -0.15) is 0 Å². The fourth-order valence-electron chi connectivity index (χ4n) is 2.87. The van der Waals surface area contributed by atoms with Gasteiger partial charge >= 0.3 is 0 Å². The quantitative estimate of drug-likeness (QED) is 0.910. The lowest BCUT2D eigenvalue weighted by Gasteiger charge is -2.28. The molecule has 1 aromatic heterocycles. The SMILES string of the molecule is Cc1cc(C)c(NC(=O)c2cc(N3CCOCC3)nc(C)n2)c(Cl)c1. The van der Waals surface area contributed by atoms with Crippen molar-refractivity contribution in [1.82, 2.24) is 9.97 Å². The van der Waals surface area contributed by atoms with Gasteiger partial charge in [0, 0.05) is 19.2 Å². The molecule has 3 rings (SSSR count). The average molecular weight is 361 g/mol. The molecule has 0 spiro atoms. The molecule has 0 aliphatic carbocycles. The summed E-state index contributed by atoms with van der Waals surface area (Å²) in [7, 11) is 0. The van der Waals surface area contributed by atoms with E-state index >= 15 is 0 Å². The number of rotatable bonds is 3. The summed E-state index contributed by atoms with van der Waals surface area (Å²) in [4.78, 5) is 23.5. The molecule has 0 radical (unpaired) electrons. The summed E-state index contributed by atoms with van der Waals surface area (Å²) < 4.78 is 5.37. The third-order valence-corrected chi connectivity index (χ3v) is 4.36. The second-order valence-corrected chi connectivity index (χ2v) is 6.56. The summed E-state index contributed by atoms with van der Waals surface area (Å²) in [6.07, 6.45) is 0. The number of nitrogens with one attached hydrogen (secondary N) is 1. The van der Waals surface area contributed by atoms with Crippen LogP contribution in [0.5, 0.6) is 0 Å². The topological polar surface area (TPSA) is 67.4 Å². The highest BCUT2D eigenvalue weighted by Gasteiger charge is 2.18. The number of carbonyl (C=O) groups is 1. The number of hydrogen-bond acceptors (Lipinski definition) is 5. The Bertz CT molecular complexity index is 781. The number of ether oxygens (including phenoxy) is 1. The molecule has 1 aliphatic heterocycles. The van der Waals surface area contributed by atoms with Crippen LogP contribution in [0.25, 0.3) is 0 Å². The van der Waals surface area contributed by atoms with Gasteiger partial charge in [0.25, 0.3) is 5.91 Å². The van der Waals surface area contributed by atoms with E-state index in [1.54, 1.807) is 13.0 Å². The molecule has 1 aromatic carbocycles. The molecule has 1 N–H and O–H groups in total. The Kier molecular flexibility index (Phi) is 5.20. The second-order valence-electron chi connectivity index (χ2n) is 6.15. The van der Waals surface area contributed by atoms with Crippen molar-refractivity contribution < 1.29 is 9.53 Å². The van der Waals surface area contributed by atoms with E-state index in [2.05, 4.69) is 20.2 Å². The summed E-state index contributed by atoms with van der Waals surface area (Å²) in [5.41, 5.74) is 2.90. The van der Waals surface area contributed by atoms with Gasteiger partial charge in [-0.3, -0.25) is 4.79 Å². The maximum Gasteiger partial charge on any atom is 0.274 e. The Morgan fingerprint density at radius 3 is 2.56 bits per heavy atom. The van der Waals surface area contributed by atoms with Crippen molar-refractivity contribution in [1.29, 1.82) is 0 Å². The third-order valence-electron chi connectivity index (χ3n) is 4.06. The number of amides is 1. The zero-order valence-electron chi connectivity index (χ0n) is 14.6. The van der Waals surface area contributed by atoms with Crippen LogP contribution in [0.1, 0.15) is 27.4 Å². The van der Waals surface area contributed by atoms with Crippen molar-refractivity contribution >= 4 is 29.0 Å². The predicted molar refractivity (Wildman–Crippen MR) is 98.7 cm³/mol. The summed E-state index contributed by atoms with van der Waals surface area (Å²) in [6.45, 7) is 8.48. The smallest absolute Gasteiger partial charge is 0.274 e. The third kappa shape index (κ3) is 4.08. The molecule has 6 nitrogen and oxygen atoms in total. The Hall–Kier alpha value is -2.18. The zero-order valence-corrected chi connectivity index (χ0v) is 15.4. The Morgan fingerprint density at radius 1 is 1.16 bits per heavy atom. The monoisotopic (exact) mass is 360 g/mol. The number of benzene rings is 1. The van der Waals surface area contributed by atoms with Gasteiger partial charge in [-0.25, -0.2) is 9.97 Å². The molecule has 0 unspecified atom stereocenters. The molecular weight excluding hydrogens is 340 g/mol. The number of morpholine rings is 1. The van der Waals surface area contributed by atoms with Gasteiger partial charge in [0.15, 0.2) is 0 Å². The van der Waals surface area contributed by atoms with Crippen molar-refractivity contribution in [3.63, 3.8) is 0 Å². The molecule has 2 heterocycles. The molecule has 1 saturated heterocycles. The normalized spacial score (nSPS) is 14.5. The van der Waals surface area contributed by atoms with E-state index in [1.807, 2.05) is 26.0 Å². The van der Waals surface area contributed by atoms with Crippen molar-refractivity contribution in [3.8, 4) is 0 Å². The van der Waals surface area contributed by atoms with Crippen LogP contribution in [-0.4, -0.2) is 42.2 Å². The number of aryl methyl sites for hydroxylation is 3. The molecule has 0 saturated carbocycles. The minimum Gasteiger partial charge on any atom is -0.378 e. The number of carbonyl (C=O) groups excluding carboxylic acids is 1. The van der Waals surface area contributed by atoms with Crippen molar-refractivity contribution in [2.75, 3.05) is 36.5 Å². The van der Waals surface area contributed by atoms with Crippen LogP contribution in [0, 0.1) is 20.8 Å². The molecule has 1 fully saturated rings. The van der Waals surface area contributed by atoms with Crippen molar-refractivity contribution in [3.05, 3.63) is 45.9 Å². The lowest BCUT2D eigenvalue weighted by atomic mass is 10.1. The lowest BCUT2D eigenvalue weighted by molar-refractivity contribution is 0.102. The van der Waals surface area contributed by atoms with Gasteiger partial charge in [-0.1, -0.05) is 17.7 Å². The van der Waals surface area contributed by atoms with Gasteiger partial charge in [0.1, 0.15) is 17.3 Å². The van der Waals surface area contributed by atoms with Crippen LogP contribution >= 0.6 is 11.6 Å². The second kappa shape index (κ2) is 7.37. The van der Waals surface area contributed by atoms with E-state index in [-0.39, 0.29) is 5.91 Å². The molecule has 0 bridgehead atoms. The Balaban J connectivity index is 1.86. The number of halogens is 1. The van der Waals surface area contributed by atoms with E-state index in [4.69, 9.17) is 16.3 Å². The summed E-state index contributed by atoms with van der Waals surface area (Å²) >= 11 is 6.28. The van der Waals surface area contributed by atoms with Gasteiger partial charge in [0.2, 0.25) is 0 Å². The summed E-state index contributed by atoms with van der Waals surface area (Å²) in [6, 6.07) is 5.52.